The van der Waals surface area contributed by atoms with Crippen LogP contribution < -0.4 is 4.74 Å². The lowest BCUT2D eigenvalue weighted by Gasteiger charge is -2.11. The van der Waals surface area contributed by atoms with Crippen molar-refractivity contribution in [2.45, 2.75) is 12.8 Å². The van der Waals surface area contributed by atoms with E-state index in [-0.39, 0.29) is 15.8 Å². The highest BCUT2D eigenvalue weighted by Crippen LogP contribution is 2.31. The molecule has 0 fully saturated rings. The number of ether oxygens (including phenoxy) is 1. The molecule has 0 aliphatic heterocycles. The standard InChI is InChI=1S/C8H4F3IN2O2/c9-8(10,11)16-6-3-5(15)4(1-2-13)14-7(6)12/h3,15H,1H2. The van der Waals surface area contributed by atoms with Crippen LogP contribution in [0.4, 0.5) is 13.2 Å². The largest absolute Gasteiger partial charge is 0.573 e. The van der Waals surface area contributed by atoms with Crippen molar-refractivity contribution in [2.24, 2.45) is 0 Å². The SMILES string of the molecule is N#CCc1nc(I)c(OC(F)(F)F)cc1O. The zero-order valence-electron chi connectivity index (χ0n) is 7.55. The molecular weight excluding hydrogens is 340 g/mol. The van der Waals surface area contributed by atoms with Gasteiger partial charge in [-0.05, 0) is 22.6 Å². The van der Waals surface area contributed by atoms with Crippen LogP contribution >= 0.6 is 22.6 Å². The molecule has 1 heterocycles. The van der Waals surface area contributed by atoms with Gasteiger partial charge in [-0.25, -0.2) is 4.98 Å². The van der Waals surface area contributed by atoms with Gasteiger partial charge in [-0.15, -0.1) is 13.2 Å². The number of alkyl halides is 3. The third-order valence-electron chi connectivity index (χ3n) is 1.47. The second kappa shape index (κ2) is 4.73. The molecule has 0 radical (unpaired) electrons. The summed E-state index contributed by atoms with van der Waals surface area (Å²) in [5.74, 6) is -1.09. The number of rotatable bonds is 2. The van der Waals surface area contributed by atoms with E-state index in [1.54, 1.807) is 6.07 Å². The van der Waals surface area contributed by atoms with Crippen LogP contribution in [0, 0.1) is 15.0 Å². The number of halogens is 4. The van der Waals surface area contributed by atoms with Crippen molar-refractivity contribution in [1.82, 2.24) is 4.98 Å². The summed E-state index contributed by atoms with van der Waals surface area (Å²) in [7, 11) is 0. The van der Waals surface area contributed by atoms with E-state index in [9.17, 15) is 18.3 Å². The van der Waals surface area contributed by atoms with Gasteiger partial charge in [0.2, 0.25) is 0 Å². The Balaban J connectivity index is 3.07. The fourth-order valence-electron chi connectivity index (χ4n) is 0.899. The molecular formula is C8H4F3IN2O2. The van der Waals surface area contributed by atoms with Crippen LogP contribution in [0.25, 0.3) is 0 Å². The van der Waals surface area contributed by atoms with E-state index in [1.165, 1.54) is 22.6 Å². The van der Waals surface area contributed by atoms with Crippen molar-refractivity contribution in [3.05, 3.63) is 15.5 Å². The van der Waals surface area contributed by atoms with Gasteiger partial charge in [0.25, 0.3) is 0 Å². The summed E-state index contributed by atoms with van der Waals surface area (Å²) in [6, 6.07) is 2.52. The van der Waals surface area contributed by atoms with Crippen molar-refractivity contribution in [3.8, 4) is 17.6 Å². The molecule has 1 N–H and O–H groups in total. The lowest BCUT2D eigenvalue weighted by atomic mass is 10.2. The third-order valence-corrected chi connectivity index (χ3v) is 2.24. The monoisotopic (exact) mass is 344 g/mol. The van der Waals surface area contributed by atoms with Crippen molar-refractivity contribution >= 4 is 22.6 Å². The number of hydrogen-bond donors (Lipinski definition) is 1. The molecule has 0 bridgehead atoms. The van der Waals surface area contributed by atoms with E-state index in [0.29, 0.717) is 0 Å². The molecule has 0 atom stereocenters. The molecule has 0 spiro atoms. The molecule has 1 rings (SSSR count). The second-order valence-electron chi connectivity index (χ2n) is 2.63. The minimum Gasteiger partial charge on any atom is -0.506 e. The molecule has 1 aromatic heterocycles. The summed E-state index contributed by atoms with van der Waals surface area (Å²) >= 11 is 1.53. The Morgan fingerprint density at radius 2 is 2.19 bits per heavy atom. The van der Waals surface area contributed by atoms with Gasteiger partial charge < -0.3 is 9.84 Å². The Morgan fingerprint density at radius 1 is 1.56 bits per heavy atom. The average molecular weight is 344 g/mol. The highest BCUT2D eigenvalue weighted by Gasteiger charge is 2.32. The minimum absolute atomic E-state index is 0.0152. The average Bonchev–Trinajstić information content (AvgIpc) is 2.11. The van der Waals surface area contributed by atoms with Crippen LogP contribution in [-0.4, -0.2) is 16.5 Å². The summed E-state index contributed by atoms with van der Waals surface area (Å²) in [4.78, 5) is 3.64. The second-order valence-corrected chi connectivity index (χ2v) is 3.65. The Hall–Kier alpha value is -1.24. The summed E-state index contributed by atoms with van der Waals surface area (Å²) in [5.41, 5.74) is 0.0152. The van der Waals surface area contributed by atoms with Crippen LogP contribution in [0.15, 0.2) is 6.07 Å². The molecule has 0 saturated carbocycles. The molecule has 0 amide bonds. The van der Waals surface area contributed by atoms with Crippen molar-refractivity contribution in [2.75, 3.05) is 0 Å². The zero-order chi connectivity index (χ0) is 12.3. The predicted octanol–water partition coefficient (Wildman–Crippen LogP) is 2.36. The van der Waals surface area contributed by atoms with Crippen molar-refractivity contribution in [1.29, 1.82) is 5.26 Å². The maximum Gasteiger partial charge on any atom is 0.573 e. The van der Waals surface area contributed by atoms with Crippen LogP contribution in [-0.2, 0) is 6.42 Å². The van der Waals surface area contributed by atoms with Crippen LogP contribution in [0.2, 0.25) is 0 Å². The Kier molecular flexibility index (Phi) is 3.79. The van der Waals surface area contributed by atoms with Gasteiger partial charge in [0, 0.05) is 6.07 Å². The molecule has 8 heteroatoms. The van der Waals surface area contributed by atoms with E-state index < -0.39 is 17.9 Å². The first-order valence-corrected chi connectivity index (χ1v) is 4.92. The summed E-state index contributed by atoms with van der Waals surface area (Å²) in [5, 5.41) is 17.7. The van der Waals surface area contributed by atoms with E-state index >= 15 is 0 Å². The first-order valence-electron chi connectivity index (χ1n) is 3.84. The van der Waals surface area contributed by atoms with Crippen LogP contribution in [0.1, 0.15) is 5.69 Å². The molecule has 0 saturated heterocycles. The van der Waals surface area contributed by atoms with E-state index in [0.717, 1.165) is 6.07 Å². The molecule has 0 aliphatic rings. The minimum atomic E-state index is -4.84. The number of pyridine rings is 1. The molecule has 4 nitrogen and oxygen atoms in total. The Labute approximate surface area is 102 Å². The van der Waals surface area contributed by atoms with Crippen molar-refractivity contribution < 1.29 is 23.0 Å². The summed E-state index contributed by atoms with van der Waals surface area (Å²) in [6.07, 6.45) is -5.03. The first kappa shape index (κ1) is 12.8. The molecule has 0 aromatic carbocycles. The van der Waals surface area contributed by atoms with Crippen molar-refractivity contribution in [3.63, 3.8) is 0 Å². The fraction of sp³-hybridized carbons (Fsp3) is 0.250. The number of nitriles is 1. The normalized spacial score (nSPS) is 10.9. The Morgan fingerprint density at radius 3 is 2.69 bits per heavy atom. The van der Waals surface area contributed by atoms with Gasteiger partial charge in [0.15, 0.2) is 5.75 Å². The maximum atomic E-state index is 11.9. The number of aromatic nitrogens is 1. The van der Waals surface area contributed by atoms with Gasteiger partial charge >= 0.3 is 6.36 Å². The summed E-state index contributed by atoms with van der Waals surface area (Å²) < 4.78 is 39.3. The van der Waals surface area contributed by atoms with E-state index in [2.05, 4.69) is 9.72 Å². The smallest absolute Gasteiger partial charge is 0.506 e. The fourth-order valence-corrected chi connectivity index (χ4v) is 1.46. The van der Waals surface area contributed by atoms with Gasteiger partial charge in [-0.1, -0.05) is 0 Å². The zero-order valence-corrected chi connectivity index (χ0v) is 9.70. The number of aromatic hydroxyl groups is 1. The molecule has 16 heavy (non-hydrogen) atoms. The van der Waals surface area contributed by atoms with Gasteiger partial charge in [0.05, 0.1) is 18.2 Å². The highest BCUT2D eigenvalue weighted by atomic mass is 127. The van der Waals surface area contributed by atoms with Gasteiger partial charge in [0.1, 0.15) is 9.45 Å². The lowest BCUT2D eigenvalue weighted by Crippen LogP contribution is -2.18. The molecule has 1 aromatic rings. The maximum absolute atomic E-state index is 11.9. The van der Waals surface area contributed by atoms with E-state index in [1.807, 2.05) is 0 Å². The summed E-state index contributed by atoms with van der Waals surface area (Å²) in [6.45, 7) is 0. The third kappa shape index (κ3) is 3.41. The first-order chi connectivity index (χ1) is 7.33. The Bertz CT molecular complexity index is 442. The predicted molar refractivity (Wildman–Crippen MR) is 54.6 cm³/mol. The quantitative estimate of drug-likeness (QED) is 0.661. The topological polar surface area (TPSA) is 66.1 Å². The lowest BCUT2D eigenvalue weighted by molar-refractivity contribution is -0.275. The number of hydrogen-bond acceptors (Lipinski definition) is 4. The van der Waals surface area contributed by atoms with Gasteiger partial charge in [-0.2, -0.15) is 5.26 Å². The van der Waals surface area contributed by atoms with E-state index in [4.69, 9.17) is 5.26 Å². The van der Waals surface area contributed by atoms with Crippen LogP contribution in [0.5, 0.6) is 11.5 Å². The van der Waals surface area contributed by atoms with Gasteiger partial charge in [-0.3, -0.25) is 0 Å². The molecule has 86 valence electrons. The molecule has 0 unspecified atom stereocenters. The highest BCUT2D eigenvalue weighted by molar-refractivity contribution is 14.1. The molecule has 0 aliphatic carbocycles. The number of nitrogens with zero attached hydrogens (tertiary/aromatic N) is 2. The van der Waals surface area contributed by atoms with Crippen LogP contribution in [0.3, 0.4) is 0 Å².